The largest absolute Gasteiger partial charge is 0.362 e. The average molecular weight is 381 g/mol. The molecule has 0 saturated carbocycles. The van der Waals surface area contributed by atoms with Gasteiger partial charge in [-0.05, 0) is 60.7 Å². The Bertz CT molecular complexity index is 959. The maximum absolute atomic E-state index is 11.9. The molecular formula is C19H13ClN4O3. The van der Waals surface area contributed by atoms with E-state index < -0.39 is 11.9 Å². The number of azo groups is 1. The van der Waals surface area contributed by atoms with E-state index in [4.69, 9.17) is 16.4 Å². The molecule has 0 atom stereocenters. The number of halogens is 1. The molecule has 1 N–H and O–H groups in total. The molecule has 0 aliphatic rings. The van der Waals surface area contributed by atoms with Crippen molar-refractivity contribution in [3.05, 3.63) is 89.2 Å². The molecule has 0 saturated heterocycles. The third kappa shape index (κ3) is 5.20. The number of hydrogen-bond acceptors (Lipinski definition) is 6. The minimum atomic E-state index is -0.543. The summed E-state index contributed by atoms with van der Waals surface area (Å²) in [6.45, 7) is 0. The molecule has 134 valence electrons. The Balaban J connectivity index is 1.55. The van der Waals surface area contributed by atoms with Crippen molar-refractivity contribution in [2.24, 2.45) is 10.2 Å². The standard InChI is InChI=1S/C19H13ClN4O3/c20-15-3-1-14(2-4-15)19(26)27-24-17-7-5-16(6-8-17)22-23-18(25)13-9-11-21-12-10-13/h1-12,24H. The quantitative estimate of drug-likeness (QED) is 0.504. The highest BCUT2D eigenvalue weighted by Crippen LogP contribution is 2.18. The highest BCUT2D eigenvalue weighted by Gasteiger charge is 2.07. The molecule has 0 aliphatic heterocycles. The van der Waals surface area contributed by atoms with Crippen LogP contribution in [0.3, 0.4) is 0 Å². The van der Waals surface area contributed by atoms with Crippen LogP contribution in [-0.4, -0.2) is 16.9 Å². The summed E-state index contributed by atoms with van der Waals surface area (Å²) in [5.41, 5.74) is 4.34. The molecule has 3 rings (SSSR count). The van der Waals surface area contributed by atoms with Gasteiger partial charge in [0.05, 0.1) is 16.9 Å². The van der Waals surface area contributed by atoms with E-state index in [-0.39, 0.29) is 0 Å². The number of carbonyl (C=O) groups is 2. The number of nitrogens with one attached hydrogen (secondary N) is 1. The number of pyridine rings is 1. The van der Waals surface area contributed by atoms with Gasteiger partial charge in [0.25, 0.3) is 5.91 Å². The number of carbonyl (C=O) groups excluding carboxylic acids is 2. The molecule has 0 spiro atoms. The van der Waals surface area contributed by atoms with Gasteiger partial charge in [-0.1, -0.05) is 11.6 Å². The van der Waals surface area contributed by atoms with Crippen LogP contribution in [0.15, 0.2) is 83.3 Å². The average Bonchev–Trinajstić information content (AvgIpc) is 2.72. The van der Waals surface area contributed by atoms with Crippen LogP contribution < -0.4 is 5.48 Å². The van der Waals surface area contributed by atoms with E-state index >= 15 is 0 Å². The predicted octanol–water partition coefficient (Wildman–Crippen LogP) is 4.84. The number of nitrogens with zero attached hydrogens (tertiary/aromatic N) is 3. The molecule has 0 unspecified atom stereocenters. The number of rotatable bonds is 5. The first-order valence-corrected chi connectivity index (χ1v) is 8.18. The molecule has 7 nitrogen and oxygen atoms in total. The normalized spacial score (nSPS) is 10.6. The summed E-state index contributed by atoms with van der Waals surface area (Å²) in [6, 6.07) is 16.0. The Morgan fingerprint density at radius 2 is 1.56 bits per heavy atom. The Morgan fingerprint density at radius 1 is 0.889 bits per heavy atom. The lowest BCUT2D eigenvalue weighted by atomic mass is 10.2. The van der Waals surface area contributed by atoms with Crippen molar-refractivity contribution in [2.75, 3.05) is 5.48 Å². The van der Waals surface area contributed by atoms with Gasteiger partial charge in [0, 0.05) is 23.0 Å². The van der Waals surface area contributed by atoms with Crippen LogP contribution >= 0.6 is 11.6 Å². The smallest absolute Gasteiger partial charge is 0.338 e. The first-order valence-electron chi connectivity index (χ1n) is 7.81. The Kier molecular flexibility index (Phi) is 5.86. The molecule has 0 fully saturated rings. The Morgan fingerprint density at radius 3 is 2.22 bits per heavy atom. The summed E-state index contributed by atoms with van der Waals surface area (Å²) < 4.78 is 0. The maximum atomic E-state index is 11.9. The van der Waals surface area contributed by atoms with Crippen molar-refractivity contribution in [2.45, 2.75) is 0 Å². The third-order valence-corrected chi connectivity index (χ3v) is 3.64. The van der Waals surface area contributed by atoms with Crippen molar-refractivity contribution in [1.82, 2.24) is 4.98 Å². The summed E-state index contributed by atoms with van der Waals surface area (Å²) in [5.74, 6) is -1.00. The molecule has 0 bridgehead atoms. The zero-order valence-electron chi connectivity index (χ0n) is 13.9. The van der Waals surface area contributed by atoms with Crippen molar-refractivity contribution in [3.63, 3.8) is 0 Å². The number of anilines is 1. The SMILES string of the molecule is O=C(N=Nc1ccc(NOC(=O)c2ccc(Cl)cc2)cc1)c1ccncc1. The molecule has 8 heteroatoms. The fourth-order valence-corrected chi connectivity index (χ4v) is 2.13. The number of aromatic nitrogens is 1. The van der Waals surface area contributed by atoms with E-state index in [1.54, 1.807) is 60.7 Å². The molecule has 3 aromatic rings. The van der Waals surface area contributed by atoms with Crippen LogP contribution in [0.5, 0.6) is 0 Å². The lowest BCUT2D eigenvalue weighted by Crippen LogP contribution is -2.10. The summed E-state index contributed by atoms with van der Waals surface area (Å²) >= 11 is 5.78. The molecule has 0 aliphatic carbocycles. The summed E-state index contributed by atoms with van der Waals surface area (Å²) in [6.07, 6.45) is 3.02. The van der Waals surface area contributed by atoms with Crippen LogP contribution in [0.25, 0.3) is 0 Å². The number of benzene rings is 2. The van der Waals surface area contributed by atoms with Crippen molar-refractivity contribution < 1.29 is 14.4 Å². The van der Waals surface area contributed by atoms with E-state index in [0.717, 1.165) is 0 Å². The molecule has 1 amide bonds. The van der Waals surface area contributed by atoms with E-state index in [9.17, 15) is 9.59 Å². The minimum Gasteiger partial charge on any atom is -0.338 e. The van der Waals surface area contributed by atoms with Crippen molar-refractivity contribution in [1.29, 1.82) is 0 Å². The lowest BCUT2D eigenvalue weighted by Gasteiger charge is -2.06. The Labute approximate surface area is 159 Å². The minimum absolute atomic E-state index is 0.368. The number of amides is 1. The summed E-state index contributed by atoms with van der Waals surface area (Å²) in [5, 5.41) is 8.07. The van der Waals surface area contributed by atoms with Gasteiger partial charge in [0.15, 0.2) is 0 Å². The van der Waals surface area contributed by atoms with Crippen molar-refractivity contribution >= 4 is 34.9 Å². The summed E-state index contributed by atoms with van der Waals surface area (Å²) in [7, 11) is 0. The van der Waals surface area contributed by atoms with Crippen LogP contribution in [-0.2, 0) is 4.84 Å². The van der Waals surface area contributed by atoms with Gasteiger partial charge in [-0.3, -0.25) is 9.78 Å². The zero-order chi connectivity index (χ0) is 19.1. The van der Waals surface area contributed by atoms with Gasteiger partial charge in [-0.15, -0.1) is 10.2 Å². The first kappa shape index (κ1) is 18.2. The van der Waals surface area contributed by atoms with E-state index in [1.165, 1.54) is 12.4 Å². The number of hydrogen-bond donors (Lipinski definition) is 1. The first-order chi connectivity index (χ1) is 13.1. The van der Waals surface area contributed by atoms with Gasteiger partial charge >= 0.3 is 5.97 Å². The Hall–Kier alpha value is -3.58. The van der Waals surface area contributed by atoms with E-state index in [1.807, 2.05) is 0 Å². The van der Waals surface area contributed by atoms with Crippen LogP contribution in [0.4, 0.5) is 11.4 Å². The lowest BCUT2D eigenvalue weighted by molar-refractivity contribution is 0.0596. The zero-order valence-corrected chi connectivity index (χ0v) is 14.6. The monoisotopic (exact) mass is 380 g/mol. The van der Waals surface area contributed by atoms with Gasteiger partial charge in [-0.25, -0.2) is 10.3 Å². The fraction of sp³-hybridized carbons (Fsp3) is 0. The van der Waals surface area contributed by atoms with Crippen LogP contribution in [0.2, 0.25) is 5.02 Å². The second kappa shape index (κ2) is 8.68. The molecule has 2 aromatic carbocycles. The van der Waals surface area contributed by atoms with Gasteiger partial charge < -0.3 is 4.84 Å². The third-order valence-electron chi connectivity index (χ3n) is 3.39. The van der Waals surface area contributed by atoms with E-state index in [0.29, 0.717) is 27.5 Å². The summed E-state index contributed by atoms with van der Waals surface area (Å²) in [4.78, 5) is 32.6. The molecule has 1 heterocycles. The topological polar surface area (TPSA) is 93.0 Å². The predicted molar refractivity (Wildman–Crippen MR) is 100 cm³/mol. The van der Waals surface area contributed by atoms with Crippen molar-refractivity contribution in [3.8, 4) is 0 Å². The second-order valence-electron chi connectivity index (χ2n) is 5.29. The van der Waals surface area contributed by atoms with Gasteiger partial charge in [0.1, 0.15) is 0 Å². The van der Waals surface area contributed by atoms with E-state index in [2.05, 4.69) is 20.7 Å². The highest BCUT2D eigenvalue weighted by molar-refractivity contribution is 6.30. The van der Waals surface area contributed by atoms with Gasteiger partial charge in [-0.2, -0.15) is 0 Å². The van der Waals surface area contributed by atoms with Crippen LogP contribution in [0, 0.1) is 0 Å². The molecular weight excluding hydrogens is 368 g/mol. The maximum Gasteiger partial charge on any atom is 0.362 e. The molecule has 1 aromatic heterocycles. The second-order valence-corrected chi connectivity index (χ2v) is 5.72. The van der Waals surface area contributed by atoms with Crippen LogP contribution in [0.1, 0.15) is 20.7 Å². The molecule has 0 radical (unpaired) electrons. The highest BCUT2D eigenvalue weighted by atomic mass is 35.5. The molecule has 27 heavy (non-hydrogen) atoms. The van der Waals surface area contributed by atoms with Gasteiger partial charge in [0.2, 0.25) is 0 Å². The fourth-order valence-electron chi connectivity index (χ4n) is 2.00.